The minimum absolute atomic E-state index is 0.101. The van der Waals surface area contributed by atoms with Gasteiger partial charge in [0.25, 0.3) is 0 Å². The van der Waals surface area contributed by atoms with Crippen molar-refractivity contribution in [2.45, 2.75) is 6.42 Å². The molecule has 98 valence electrons. The van der Waals surface area contributed by atoms with Gasteiger partial charge in [-0.3, -0.25) is 4.79 Å². The molecule has 0 aliphatic heterocycles. The van der Waals surface area contributed by atoms with Gasteiger partial charge in [-0.25, -0.2) is 4.79 Å². The lowest BCUT2D eigenvalue weighted by atomic mass is 10.3. The van der Waals surface area contributed by atoms with Crippen LogP contribution in [0.5, 0.6) is 0 Å². The number of carbonyl (C=O) groups is 2. The van der Waals surface area contributed by atoms with Gasteiger partial charge in [-0.1, -0.05) is 27.5 Å². The van der Waals surface area contributed by atoms with Crippen LogP contribution < -0.4 is 5.32 Å². The molecule has 5 nitrogen and oxygen atoms in total. The van der Waals surface area contributed by atoms with Crippen LogP contribution in [0.25, 0.3) is 0 Å². The Hall–Kier alpha value is -1.27. The minimum atomic E-state index is -0.949. The van der Waals surface area contributed by atoms with E-state index >= 15 is 0 Å². The molecule has 0 atom stereocenters. The summed E-state index contributed by atoms with van der Waals surface area (Å²) in [5, 5.41) is 11.6. The smallest absolute Gasteiger partial charge is 0.321 e. The van der Waals surface area contributed by atoms with E-state index in [9.17, 15) is 9.59 Å². The number of rotatable bonds is 4. The van der Waals surface area contributed by atoms with E-state index in [0.717, 1.165) is 4.47 Å². The highest BCUT2D eigenvalue weighted by Crippen LogP contribution is 2.25. The first-order valence-corrected chi connectivity index (χ1v) is 6.26. The summed E-state index contributed by atoms with van der Waals surface area (Å²) in [6.45, 7) is 0.132. The zero-order valence-electron chi connectivity index (χ0n) is 9.61. The monoisotopic (exact) mass is 334 g/mol. The van der Waals surface area contributed by atoms with Crippen LogP contribution in [0.15, 0.2) is 22.7 Å². The number of carbonyl (C=O) groups excluding carboxylic acids is 1. The number of aliphatic carboxylic acids is 1. The lowest BCUT2D eigenvalue weighted by molar-refractivity contribution is -0.137. The van der Waals surface area contributed by atoms with Crippen molar-refractivity contribution in [3.05, 3.63) is 27.7 Å². The molecule has 0 saturated heterocycles. The number of benzene rings is 1. The second-order valence-corrected chi connectivity index (χ2v) is 4.94. The van der Waals surface area contributed by atoms with Crippen LogP contribution in [-0.4, -0.2) is 35.6 Å². The number of hydrogen-bond acceptors (Lipinski definition) is 2. The fourth-order valence-corrected chi connectivity index (χ4v) is 1.69. The van der Waals surface area contributed by atoms with Gasteiger partial charge in [-0.2, -0.15) is 0 Å². The molecule has 0 saturated carbocycles. The topological polar surface area (TPSA) is 69.6 Å². The molecule has 1 aromatic rings. The Bertz CT molecular complexity index is 468. The lowest BCUT2D eigenvalue weighted by Crippen LogP contribution is -2.33. The van der Waals surface area contributed by atoms with E-state index < -0.39 is 12.0 Å². The van der Waals surface area contributed by atoms with Crippen LogP contribution in [0.4, 0.5) is 10.5 Å². The molecule has 1 aromatic carbocycles. The minimum Gasteiger partial charge on any atom is -0.481 e. The van der Waals surface area contributed by atoms with E-state index in [-0.39, 0.29) is 13.0 Å². The second kappa shape index (κ2) is 6.61. The molecule has 18 heavy (non-hydrogen) atoms. The van der Waals surface area contributed by atoms with Gasteiger partial charge in [0, 0.05) is 18.1 Å². The quantitative estimate of drug-likeness (QED) is 0.888. The molecule has 0 aliphatic rings. The molecule has 0 bridgehead atoms. The maximum atomic E-state index is 11.7. The first kappa shape index (κ1) is 14.8. The van der Waals surface area contributed by atoms with Crippen molar-refractivity contribution < 1.29 is 14.7 Å². The fourth-order valence-electron chi connectivity index (χ4n) is 1.17. The molecule has 0 fully saturated rings. The molecular formula is C11H12BrClN2O3. The molecule has 0 aliphatic carbocycles. The van der Waals surface area contributed by atoms with Crippen molar-refractivity contribution in [2.24, 2.45) is 0 Å². The van der Waals surface area contributed by atoms with Gasteiger partial charge in [0.2, 0.25) is 0 Å². The molecule has 2 amide bonds. The number of nitrogens with zero attached hydrogens (tertiary/aromatic N) is 1. The maximum Gasteiger partial charge on any atom is 0.321 e. The Labute approximate surface area is 118 Å². The van der Waals surface area contributed by atoms with Crippen LogP contribution in [0, 0.1) is 0 Å². The SMILES string of the molecule is CN(CCC(=O)O)C(=O)Nc1cc(Br)ccc1Cl. The summed E-state index contributed by atoms with van der Waals surface area (Å²) in [5.74, 6) is -0.949. The Morgan fingerprint density at radius 2 is 2.17 bits per heavy atom. The van der Waals surface area contributed by atoms with Gasteiger partial charge in [0.05, 0.1) is 17.1 Å². The van der Waals surface area contributed by atoms with Crippen molar-refractivity contribution in [1.82, 2.24) is 4.90 Å². The van der Waals surface area contributed by atoms with Gasteiger partial charge in [-0.15, -0.1) is 0 Å². The molecule has 0 heterocycles. The van der Waals surface area contributed by atoms with Crippen molar-refractivity contribution in [3.63, 3.8) is 0 Å². The van der Waals surface area contributed by atoms with Crippen molar-refractivity contribution in [3.8, 4) is 0 Å². The Morgan fingerprint density at radius 3 is 2.78 bits per heavy atom. The summed E-state index contributed by atoms with van der Waals surface area (Å²) in [6, 6.07) is 4.67. The third-order valence-electron chi connectivity index (χ3n) is 2.18. The number of amides is 2. The molecule has 0 aromatic heterocycles. The Kier molecular flexibility index (Phi) is 5.43. The molecule has 1 rings (SSSR count). The second-order valence-electron chi connectivity index (χ2n) is 3.62. The van der Waals surface area contributed by atoms with Gasteiger partial charge in [-0.05, 0) is 18.2 Å². The average Bonchev–Trinajstić information content (AvgIpc) is 2.30. The largest absolute Gasteiger partial charge is 0.481 e. The number of anilines is 1. The van der Waals surface area contributed by atoms with E-state index in [1.165, 1.54) is 11.9 Å². The van der Waals surface area contributed by atoms with E-state index in [1.807, 2.05) is 0 Å². The first-order valence-electron chi connectivity index (χ1n) is 5.09. The summed E-state index contributed by atoms with van der Waals surface area (Å²) in [5.41, 5.74) is 0.471. The third-order valence-corrected chi connectivity index (χ3v) is 3.00. The highest BCUT2D eigenvalue weighted by molar-refractivity contribution is 9.10. The van der Waals surface area contributed by atoms with Crippen molar-refractivity contribution in [1.29, 1.82) is 0 Å². The zero-order valence-corrected chi connectivity index (χ0v) is 12.0. The van der Waals surface area contributed by atoms with E-state index in [4.69, 9.17) is 16.7 Å². The molecule has 0 spiro atoms. The van der Waals surface area contributed by atoms with Gasteiger partial charge >= 0.3 is 12.0 Å². The highest BCUT2D eigenvalue weighted by Gasteiger charge is 2.12. The molecule has 2 N–H and O–H groups in total. The summed E-state index contributed by atoms with van der Waals surface area (Å²) in [4.78, 5) is 23.4. The summed E-state index contributed by atoms with van der Waals surface area (Å²) in [7, 11) is 1.52. The Balaban J connectivity index is 2.63. The first-order chi connectivity index (χ1) is 8.40. The number of nitrogens with one attached hydrogen (secondary N) is 1. The number of carboxylic acids is 1. The van der Waals surface area contributed by atoms with E-state index in [2.05, 4.69) is 21.2 Å². The molecule has 0 radical (unpaired) electrons. The van der Waals surface area contributed by atoms with Crippen LogP contribution in [0.2, 0.25) is 5.02 Å². The number of hydrogen-bond donors (Lipinski definition) is 2. The predicted molar refractivity (Wildman–Crippen MR) is 73.1 cm³/mol. The standard InChI is InChI=1S/C11H12BrClN2O3/c1-15(5-4-10(16)17)11(18)14-9-6-7(12)2-3-8(9)13/h2-3,6H,4-5H2,1H3,(H,14,18)(H,16,17). The summed E-state index contributed by atoms with van der Waals surface area (Å²) < 4.78 is 0.787. The number of urea groups is 1. The van der Waals surface area contributed by atoms with Crippen LogP contribution >= 0.6 is 27.5 Å². The molecular weight excluding hydrogens is 323 g/mol. The fraction of sp³-hybridized carbons (Fsp3) is 0.273. The van der Waals surface area contributed by atoms with Crippen molar-refractivity contribution >= 4 is 45.2 Å². The predicted octanol–water partition coefficient (Wildman–Crippen LogP) is 3.04. The van der Waals surface area contributed by atoms with E-state index in [0.29, 0.717) is 10.7 Å². The third kappa shape index (κ3) is 4.54. The van der Waals surface area contributed by atoms with Gasteiger partial charge in [0.15, 0.2) is 0 Å². The zero-order chi connectivity index (χ0) is 13.7. The summed E-state index contributed by atoms with van der Waals surface area (Å²) >= 11 is 9.20. The van der Waals surface area contributed by atoms with Gasteiger partial charge < -0.3 is 15.3 Å². The number of halogens is 2. The molecule has 7 heteroatoms. The van der Waals surface area contributed by atoms with Crippen LogP contribution in [-0.2, 0) is 4.79 Å². The maximum absolute atomic E-state index is 11.7. The van der Waals surface area contributed by atoms with E-state index in [1.54, 1.807) is 18.2 Å². The highest BCUT2D eigenvalue weighted by atomic mass is 79.9. The lowest BCUT2D eigenvalue weighted by Gasteiger charge is -2.17. The number of carboxylic acid groups (broad SMARTS) is 1. The van der Waals surface area contributed by atoms with Crippen LogP contribution in [0.1, 0.15) is 6.42 Å². The normalized spacial score (nSPS) is 9.94. The van der Waals surface area contributed by atoms with Crippen LogP contribution in [0.3, 0.4) is 0 Å². The molecule has 0 unspecified atom stereocenters. The summed E-state index contributed by atoms with van der Waals surface area (Å²) in [6.07, 6.45) is -0.101. The van der Waals surface area contributed by atoms with Gasteiger partial charge in [0.1, 0.15) is 0 Å². The average molecular weight is 336 g/mol. The Morgan fingerprint density at radius 1 is 1.50 bits per heavy atom. The van der Waals surface area contributed by atoms with Crippen molar-refractivity contribution in [2.75, 3.05) is 18.9 Å².